The zero-order valence-electron chi connectivity index (χ0n) is 15.1. The minimum Gasteiger partial charge on any atom is -0.396 e. The van der Waals surface area contributed by atoms with Crippen LogP contribution in [0.15, 0.2) is 6.20 Å². The van der Waals surface area contributed by atoms with Crippen molar-refractivity contribution in [1.29, 1.82) is 0 Å². The maximum absolute atomic E-state index is 9.11. The monoisotopic (exact) mass is 324 g/mol. The first-order valence-electron chi connectivity index (χ1n) is 8.22. The van der Waals surface area contributed by atoms with Crippen molar-refractivity contribution in [3.63, 3.8) is 0 Å². The van der Waals surface area contributed by atoms with E-state index < -0.39 is 0 Å². The minimum atomic E-state index is -0.0142. The molecule has 0 unspecified atom stereocenters. The van der Waals surface area contributed by atoms with Gasteiger partial charge in [-0.1, -0.05) is 27.7 Å². The first kappa shape index (κ1) is 19.6. The molecule has 0 aliphatic rings. The lowest BCUT2D eigenvalue weighted by Gasteiger charge is -2.25. The van der Waals surface area contributed by atoms with Crippen molar-refractivity contribution in [2.45, 2.75) is 47.5 Å². The molecule has 0 spiro atoms. The van der Waals surface area contributed by atoms with Crippen molar-refractivity contribution in [2.24, 2.45) is 10.8 Å². The summed E-state index contributed by atoms with van der Waals surface area (Å²) in [5.74, 6) is 1.40. The van der Waals surface area contributed by atoms with Crippen LogP contribution < -0.4 is 10.6 Å². The SMILES string of the molecule is Cc1cnc(NCC(C)(C)CCO)nc1NCC(C)(C)CCO. The van der Waals surface area contributed by atoms with E-state index in [2.05, 4.69) is 48.3 Å². The first-order valence-corrected chi connectivity index (χ1v) is 8.22. The fraction of sp³-hybridized carbons (Fsp3) is 0.765. The van der Waals surface area contributed by atoms with Crippen LogP contribution in [-0.4, -0.2) is 46.5 Å². The van der Waals surface area contributed by atoms with Gasteiger partial charge in [-0.25, -0.2) is 4.98 Å². The molecule has 1 heterocycles. The number of aliphatic hydroxyl groups is 2. The van der Waals surface area contributed by atoms with Gasteiger partial charge in [0.05, 0.1) is 0 Å². The molecule has 0 amide bonds. The number of rotatable bonds is 10. The van der Waals surface area contributed by atoms with E-state index in [1.807, 2.05) is 6.92 Å². The van der Waals surface area contributed by atoms with E-state index in [0.29, 0.717) is 12.5 Å². The van der Waals surface area contributed by atoms with Crippen molar-refractivity contribution in [1.82, 2.24) is 9.97 Å². The Morgan fingerprint density at radius 3 is 2.00 bits per heavy atom. The molecule has 23 heavy (non-hydrogen) atoms. The maximum Gasteiger partial charge on any atom is 0.224 e. The van der Waals surface area contributed by atoms with E-state index in [0.717, 1.165) is 30.8 Å². The van der Waals surface area contributed by atoms with Gasteiger partial charge in [0.1, 0.15) is 5.82 Å². The Morgan fingerprint density at radius 1 is 0.957 bits per heavy atom. The molecule has 0 aliphatic carbocycles. The average molecular weight is 324 g/mol. The summed E-state index contributed by atoms with van der Waals surface area (Å²) in [6, 6.07) is 0. The zero-order chi connectivity index (χ0) is 17.5. The maximum atomic E-state index is 9.11. The summed E-state index contributed by atoms with van der Waals surface area (Å²) in [4.78, 5) is 8.86. The lowest BCUT2D eigenvalue weighted by atomic mass is 9.90. The van der Waals surface area contributed by atoms with Gasteiger partial charge < -0.3 is 20.8 Å². The summed E-state index contributed by atoms with van der Waals surface area (Å²) in [5.41, 5.74) is 0.979. The zero-order valence-corrected chi connectivity index (χ0v) is 15.1. The molecule has 4 N–H and O–H groups in total. The Labute approximate surface area is 139 Å². The van der Waals surface area contributed by atoms with E-state index in [4.69, 9.17) is 10.2 Å². The normalized spacial score (nSPS) is 12.3. The highest BCUT2D eigenvalue weighted by atomic mass is 16.3. The predicted octanol–water partition coefficient (Wildman–Crippen LogP) is 2.43. The van der Waals surface area contributed by atoms with Crippen LogP contribution in [0.5, 0.6) is 0 Å². The van der Waals surface area contributed by atoms with E-state index in [1.54, 1.807) is 6.20 Å². The van der Waals surface area contributed by atoms with Gasteiger partial charge in [-0.2, -0.15) is 4.98 Å². The lowest BCUT2D eigenvalue weighted by Crippen LogP contribution is -2.26. The highest BCUT2D eigenvalue weighted by molar-refractivity contribution is 5.46. The lowest BCUT2D eigenvalue weighted by molar-refractivity contribution is 0.219. The van der Waals surface area contributed by atoms with Crippen molar-refractivity contribution in [2.75, 3.05) is 36.9 Å². The molecule has 0 saturated heterocycles. The van der Waals surface area contributed by atoms with E-state index in [1.165, 1.54) is 0 Å². The van der Waals surface area contributed by atoms with Gasteiger partial charge >= 0.3 is 0 Å². The number of aromatic nitrogens is 2. The number of nitrogens with zero attached hydrogens (tertiary/aromatic N) is 2. The Hall–Kier alpha value is -1.40. The van der Waals surface area contributed by atoms with Gasteiger partial charge in [0.2, 0.25) is 5.95 Å². The third-order valence-electron chi connectivity index (χ3n) is 4.01. The largest absolute Gasteiger partial charge is 0.396 e. The molecule has 0 aromatic carbocycles. The molecular weight excluding hydrogens is 292 g/mol. The van der Waals surface area contributed by atoms with Gasteiger partial charge in [-0.3, -0.25) is 0 Å². The molecule has 0 saturated carbocycles. The Bertz CT molecular complexity index is 489. The van der Waals surface area contributed by atoms with Crippen molar-refractivity contribution >= 4 is 11.8 Å². The number of nitrogens with one attached hydrogen (secondary N) is 2. The summed E-state index contributed by atoms with van der Waals surface area (Å²) in [6.07, 6.45) is 3.27. The summed E-state index contributed by atoms with van der Waals surface area (Å²) < 4.78 is 0. The highest BCUT2D eigenvalue weighted by Crippen LogP contribution is 2.23. The second kappa shape index (κ2) is 8.45. The fourth-order valence-electron chi connectivity index (χ4n) is 2.13. The summed E-state index contributed by atoms with van der Waals surface area (Å²) >= 11 is 0. The fourth-order valence-corrected chi connectivity index (χ4v) is 2.13. The van der Waals surface area contributed by atoms with Crippen molar-refractivity contribution in [3.05, 3.63) is 11.8 Å². The van der Waals surface area contributed by atoms with Gasteiger partial charge in [0.15, 0.2) is 0 Å². The number of hydrogen-bond acceptors (Lipinski definition) is 6. The van der Waals surface area contributed by atoms with Crippen LogP contribution in [0.25, 0.3) is 0 Å². The third kappa shape index (κ3) is 7.14. The first-order chi connectivity index (χ1) is 10.7. The molecule has 0 atom stereocenters. The molecule has 1 aromatic heterocycles. The molecule has 132 valence electrons. The van der Waals surface area contributed by atoms with Crippen LogP contribution in [0.4, 0.5) is 11.8 Å². The molecule has 0 bridgehead atoms. The van der Waals surface area contributed by atoms with Gasteiger partial charge in [-0.05, 0) is 30.6 Å². The van der Waals surface area contributed by atoms with Gasteiger partial charge in [0.25, 0.3) is 0 Å². The number of hydrogen-bond donors (Lipinski definition) is 4. The molecule has 0 aliphatic heterocycles. The van der Waals surface area contributed by atoms with Crippen LogP contribution in [-0.2, 0) is 0 Å². The Balaban J connectivity index is 2.68. The third-order valence-corrected chi connectivity index (χ3v) is 4.01. The molecule has 0 fully saturated rings. The smallest absolute Gasteiger partial charge is 0.224 e. The average Bonchev–Trinajstić information content (AvgIpc) is 2.45. The van der Waals surface area contributed by atoms with Crippen LogP contribution in [0.1, 0.15) is 46.1 Å². The quantitative estimate of drug-likeness (QED) is 0.528. The van der Waals surface area contributed by atoms with Crippen LogP contribution in [0.3, 0.4) is 0 Å². The van der Waals surface area contributed by atoms with Crippen LogP contribution in [0, 0.1) is 17.8 Å². The van der Waals surface area contributed by atoms with E-state index in [9.17, 15) is 0 Å². The number of aliphatic hydroxyl groups excluding tert-OH is 2. The molecular formula is C17H32N4O2. The summed E-state index contributed by atoms with van der Waals surface area (Å²) in [6.45, 7) is 12.2. The highest BCUT2D eigenvalue weighted by Gasteiger charge is 2.19. The van der Waals surface area contributed by atoms with E-state index in [-0.39, 0.29) is 24.0 Å². The van der Waals surface area contributed by atoms with Crippen molar-refractivity contribution in [3.8, 4) is 0 Å². The van der Waals surface area contributed by atoms with Crippen molar-refractivity contribution < 1.29 is 10.2 Å². The standard InChI is InChI=1S/C17H32N4O2/c1-13-10-18-15(20-12-17(4,5)7-9-23)21-14(13)19-11-16(2,3)6-8-22/h10,22-23H,6-9,11-12H2,1-5H3,(H2,18,19,20,21). The second-order valence-electron chi connectivity index (χ2n) is 7.71. The molecule has 6 heteroatoms. The number of aryl methyl sites for hydroxylation is 1. The Kier molecular flexibility index (Phi) is 7.22. The number of anilines is 2. The second-order valence-corrected chi connectivity index (χ2v) is 7.71. The summed E-state index contributed by atoms with van der Waals surface area (Å²) in [7, 11) is 0. The van der Waals surface area contributed by atoms with Crippen LogP contribution in [0.2, 0.25) is 0 Å². The van der Waals surface area contributed by atoms with E-state index >= 15 is 0 Å². The van der Waals surface area contributed by atoms with Crippen LogP contribution >= 0.6 is 0 Å². The summed E-state index contributed by atoms with van der Waals surface area (Å²) in [5, 5.41) is 24.8. The topological polar surface area (TPSA) is 90.3 Å². The predicted molar refractivity (Wildman–Crippen MR) is 94.7 cm³/mol. The van der Waals surface area contributed by atoms with Gasteiger partial charge in [0, 0.05) is 38.1 Å². The molecule has 1 aromatic rings. The minimum absolute atomic E-state index is 0.00283. The molecule has 1 rings (SSSR count). The molecule has 6 nitrogen and oxygen atoms in total. The van der Waals surface area contributed by atoms with Gasteiger partial charge in [-0.15, -0.1) is 0 Å². The Morgan fingerprint density at radius 2 is 1.48 bits per heavy atom. The molecule has 0 radical (unpaired) electrons.